The van der Waals surface area contributed by atoms with E-state index in [-0.39, 0.29) is 11.8 Å². The maximum absolute atomic E-state index is 9.16. The summed E-state index contributed by atoms with van der Waals surface area (Å²) in [6.45, 7) is 3.13. The lowest BCUT2D eigenvalue weighted by Gasteiger charge is -2.00. The Morgan fingerprint density at radius 1 is 1.37 bits per heavy atom. The first-order chi connectivity index (χ1) is 9.08. The van der Waals surface area contributed by atoms with Crippen LogP contribution in [0, 0.1) is 0 Å². The minimum absolute atomic E-state index is 0.174. The van der Waals surface area contributed by atoms with E-state index < -0.39 is 0 Å². The summed E-state index contributed by atoms with van der Waals surface area (Å²) in [6, 6.07) is 5.19. The zero-order valence-electron chi connectivity index (χ0n) is 9.85. The first kappa shape index (κ1) is 15.9. The smallest absolute Gasteiger partial charge is 0.130 e. The van der Waals surface area contributed by atoms with Crippen LogP contribution in [0.5, 0.6) is 0 Å². The Morgan fingerprint density at radius 2 is 2.11 bits per heavy atom. The van der Waals surface area contributed by atoms with Crippen LogP contribution in [-0.2, 0) is 0 Å². The highest BCUT2D eigenvalue weighted by Gasteiger charge is 2.02. The van der Waals surface area contributed by atoms with Crippen molar-refractivity contribution in [3.8, 4) is 0 Å². The molecule has 19 heavy (non-hydrogen) atoms. The number of hydrogen-bond donors (Lipinski definition) is 1. The number of hydrogen-bond acceptors (Lipinski definition) is 3. The van der Waals surface area contributed by atoms with Gasteiger partial charge in [0.2, 0.25) is 0 Å². The third-order valence-electron chi connectivity index (χ3n) is 2.01. The van der Waals surface area contributed by atoms with Gasteiger partial charge in [0.15, 0.2) is 0 Å². The summed E-state index contributed by atoms with van der Waals surface area (Å²) in [6.07, 6.45) is 4.22. The number of allylic oxidation sites excluding steroid dienone is 1. The third kappa shape index (κ3) is 5.17. The highest BCUT2D eigenvalue weighted by Crippen LogP contribution is 2.24. The average molecular weight is 318 g/mol. The molecule has 0 aliphatic rings. The maximum Gasteiger partial charge on any atom is 0.130 e. The number of halogens is 3. The van der Waals surface area contributed by atoms with E-state index in [1.54, 1.807) is 18.2 Å². The van der Waals surface area contributed by atoms with Crippen molar-refractivity contribution in [2.75, 3.05) is 6.61 Å². The van der Waals surface area contributed by atoms with Gasteiger partial charge in [0.05, 0.1) is 22.3 Å². The molecule has 0 unspecified atom stereocenters. The van der Waals surface area contributed by atoms with E-state index in [4.69, 9.17) is 39.9 Å². The Kier molecular flexibility index (Phi) is 6.81. The van der Waals surface area contributed by atoms with Crippen LogP contribution in [0.3, 0.4) is 0 Å². The topological polar surface area (TPSA) is 45.0 Å². The van der Waals surface area contributed by atoms with Crippen LogP contribution in [0.15, 0.2) is 52.7 Å². The molecular weight excluding hydrogens is 307 g/mol. The summed E-state index contributed by atoms with van der Waals surface area (Å²) in [5, 5.41) is 10.2. The van der Waals surface area contributed by atoms with Crippen LogP contribution in [-0.4, -0.2) is 23.1 Å². The van der Waals surface area contributed by atoms with E-state index in [9.17, 15) is 0 Å². The van der Waals surface area contributed by atoms with Crippen molar-refractivity contribution in [2.45, 2.75) is 0 Å². The van der Waals surface area contributed by atoms with E-state index in [0.29, 0.717) is 21.3 Å². The second-order valence-electron chi connectivity index (χ2n) is 3.33. The molecular formula is C13H11Cl3N2O. The number of rotatable bonds is 5. The number of aliphatic hydroxyl groups is 1. The molecule has 1 aromatic rings. The summed E-state index contributed by atoms with van der Waals surface area (Å²) >= 11 is 17.6. The van der Waals surface area contributed by atoms with Gasteiger partial charge in [-0.1, -0.05) is 53.5 Å². The molecule has 0 saturated carbocycles. The van der Waals surface area contributed by atoms with Crippen molar-refractivity contribution < 1.29 is 5.11 Å². The Labute approximate surface area is 126 Å². The van der Waals surface area contributed by atoms with Gasteiger partial charge in [0.25, 0.3) is 0 Å². The lowest BCUT2D eigenvalue weighted by molar-refractivity contribution is 0.330. The predicted octanol–water partition coefficient (Wildman–Crippen LogP) is 4.07. The number of benzene rings is 1. The molecule has 0 spiro atoms. The van der Waals surface area contributed by atoms with Gasteiger partial charge in [-0.05, 0) is 12.1 Å². The van der Waals surface area contributed by atoms with Crippen LogP contribution in [0.25, 0.3) is 0 Å². The highest BCUT2D eigenvalue weighted by molar-refractivity contribution is 6.68. The predicted molar refractivity (Wildman–Crippen MR) is 82.7 cm³/mol. The molecule has 1 N–H and O–H groups in total. The molecule has 1 rings (SSSR count). The lowest BCUT2D eigenvalue weighted by atomic mass is 10.2. The van der Waals surface area contributed by atoms with Gasteiger partial charge in [-0.3, -0.25) is 4.99 Å². The van der Waals surface area contributed by atoms with E-state index in [0.717, 1.165) is 0 Å². The van der Waals surface area contributed by atoms with Gasteiger partial charge >= 0.3 is 0 Å². The normalized spacial score (nSPS) is 13.1. The molecule has 0 heterocycles. The minimum atomic E-state index is -0.280. The zero-order chi connectivity index (χ0) is 14.3. The van der Waals surface area contributed by atoms with Crippen molar-refractivity contribution in [3.05, 3.63) is 58.4 Å². The molecule has 0 aromatic heterocycles. The van der Waals surface area contributed by atoms with Crippen molar-refractivity contribution >= 4 is 46.2 Å². The molecule has 100 valence electrons. The first-order valence-electron chi connectivity index (χ1n) is 5.22. The summed E-state index contributed by atoms with van der Waals surface area (Å²) in [7, 11) is 0. The second-order valence-corrected chi connectivity index (χ2v) is 4.50. The fourth-order valence-electron chi connectivity index (χ4n) is 1.16. The fourth-order valence-corrected chi connectivity index (χ4v) is 1.71. The summed E-state index contributed by atoms with van der Waals surface area (Å²) < 4.78 is 0. The van der Waals surface area contributed by atoms with E-state index >= 15 is 0 Å². The van der Waals surface area contributed by atoms with Gasteiger partial charge in [0, 0.05) is 18.0 Å². The molecule has 0 saturated heterocycles. The highest BCUT2D eigenvalue weighted by atomic mass is 35.5. The van der Waals surface area contributed by atoms with Crippen molar-refractivity contribution in [1.29, 1.82) is 0 Å². The quantitative estimate of drug-likeness (QED) is 0.817. The van der Waals surface area contributed by atoms with Gasteiger partial charge in [-0.15, -0.1) is 0 Å². The molecule has 1 aromatic carbocycles. The standard InChI is InChI=1S/C13H11Cl3N2O/c1-2-17-12(15)6-10(8-19)18-7-9-4-3-5-11(14)13(9)16/h2-7,19H,1,8H2/b10-6+,17-12+,18-7+. The maximum atomic E-state index is 9.16. The summed E-state index contributed by atoms with van der Waals surface area (Å²) in [5.41, 5.74) is 0.983. The van der Waals surface area contributed by atoms with E-state index in [1.165, 1.54) is 18.5 Å². The number of aliphatic imine (C=N–C) groups is 2. The van der Waals surface area contributed by atoms with Crippen LogP contribution < -0.4 is 0 Å². The molecule has 6 heteroatoms. The van der Waals surface area contributed by atoms with Crippen LogP contribution >= 0.6 is 34.8 Å². The summed E-state index contributed by atoms with van der Waals surface area (Å²) in [4.78, 5) is 7.82. The second kappa shape index (κ2) is 8.12. The Morgan fingerprint density at radius 3 is 2.74 bits per heavy atom. The average Bonchev–Trinajstić information content (AvgIpc) is 2.39. The zero-order valence-corrected chi connectivity index (χ0v) is 12.1. The molecule has 3 nitrogen and oxygen atoms in total. The Balaban J connectivity index is 2.98. The molecule has 0 atom stereocenters. The van der Waals surface area contributed by atoms with E-state index in [1.807, 2.05) is 0 Å². The molecule has 0 amide bonds. The number of aliphatic hydroxyl groups excluding tert-OH is 1. The monoisotopic (exact) mass is 316 g/mol. The van der Waals surface area contributed by atoms with E-state index in [2.05, 4.69) is 16.6 Å². The van der Waals surface area contributed by atoms with Gasteiger partial charge < -0.3 is 5.11 Å². The molecule has 0 fully saturated rings. The van der Waals surface area contributed by atoms with Crippen molar-refractivity contribution in [1.82, 2.24) is 0 Å². The lowest BCUT2D eigenvalue weighted by Crippen LogP contribution is -1.93. The van der Waals surface area contributed by atoms with Gasteiger partial charge in [-0.25, -0.2) is 4.99 Å². The van der Waals surface area contributed by atoms with Gasteiger partial charge in [0.1, 0.15) is 5.17 Å². The van der Waals surface area contributed by atoms with Gasteiger partial charge in [-0.2, -0.15) is 0 Å². The molecule has 0 bridgehead atoms. The van der Waals surface area contributed by atoms with Crippen LogP contribution in [0.1, 0.15) is 5.56 Å². The molecule has 0 radical (unpaired) electrons. The molecule has 0 aliphatic heterocycles. The minimum Gasteiger partial charge on any atom is -0.390 e. The first-order valence-corrected chi connectivity index (χ1v) is 6.35. The fraction of sp³-hybridized carbons (Fsp3) is 0.0769. The largest absolute Gasteiger partial charge is 0.390 e. The van der Waals surface area contributed by atoms with Crippen molar-refractivity contribution in [3.63, 3.8) is 0 Å². The Hall–Kier alpha value is -1.13. The summed E-state index contributed by atoms with van der Waals surface area (Å²) in [5.74, 6) is 0. The SMILES string of the molecule is C=C\N=C(Cl)/C=C(CO)/N=C/c1cccc(Cl)c1Cl. The molecule has 0 aliphatic carbocycles. The number of nitrogens with zero attached hydrogens (tertiary/aromatic N) is 2. The van der Waals surface area contributed by atoms with Crippen molar-refractivity contribution in [2.24, 2.45) is 9.98 Å². The van der Waals surface area contributed by atoms with Crippen LogP contribution in [0.2, 0.25) is 10.0 Å². The van der Waals surface area contributed by atoms with Crippen LogP contribution in [0.4, 0.5) is 0 Å². The third-order valence-corrected chi connectivity index (χ3v) is 3.05. The Bertz CT molecular complexity index is 551.